The van der Waals surface area contributed by atoms with Crippen molar-refractivity contribution in [2.24, 2.45) is 7.05 Å². The van der Waals surface area contributed by atoms with Crippen LogP contribution in [0.1, 0.15) is 27.3 Å². The first-order valence-corrected chi connectivity index (χ1v) is 8.32. The van der Waals surface area contributed by atoms with E-state index in [1.54, 1.807) is 12.1 Å². The number of nitrogens with two attached hydrogens (primary N) is 1. The minimum absolute atomic E-state index is 0.0292. The van der Waals surface area contributed by atoms with Gasteiger partial charge >= 0.3 is 0 Å². The van der Waals surface area contributed by atoms with E-state index >= 15 is 0 Å². The zero-order valence-electron chi connectivity index (χ0n) is 14.6. The van der Waals surface area contributed by atoms with Crippen molar-refractivity contribution < 1.29 is 4.79 Å². The maximum Gasteiger partial charge on any atom is 0.256 e. The highest BCUT2D eigenvalue weighted by Gasteiger charge is 2.24. The lowest BCUT2D eigenvalue weighted by molar-refractivity contribution is 0.0629. The Morgan fingerprint density at radius 3 is 2.42 bits per heavy atom. The highest BCUT2D eigenvalue weighted by Crippen LogP contribution is 2.18. The van der Waals surface area contributed by atoms with Gasteiger partial charge in [0.1, 0.15) is 0 Å². The van der Waals surface area contributed by atoms with E-state index in [9.17, 15) is 4.79 Å². The van der Waals surface area contributed by atoms with E-state index in [-0.39, 0.29) is 5.91 Å². The van der Waals surface area contributed by atoms with Gasteiger partial charge in [-0.25, -0.2) is 0 Å². The number of rotatable bonds is 3. The predicted molar refractivity (Wildman–Crippen MR) is 94.7 cm³/mol. The van der Waals surface area contributed by atoms with Crippen molar-refractivity contribution in [1.82, 2.24) is 19.6 Å². The number of hydrogen-bond donors (Lipinski definition) is 1. The summed E-state index contributed by atoms with van der Waals surface area (Å²) in [6, 6.07) is 7.28. The van der Waals surface area contributed by atoms with Crippen molar-refractivity contribution in [2.75, 3.05) is 31.9 Å². The highest BCUT2D eigenvalue weighted by atomic mass is 16.2. The van der Waals surface area contributed by atoms with Crippen molar-refractivity contribution in [2.45, 2.75) is 20.4 Å². The number of carbonyl (C=O) groups excluding carboxylic acids is 1. The molecule has 6 heteroatoms. The fourth-order valence-electron chi connectivity index (χ4n) is 3.24. The molecular formula is C18H25N5O. The molecule has 1 aliphatic heterocycles. The van der Waals surface area contributed by atoms with Gasteiger partial charge in [0.05, 0.1) is 11.3 Å². The van der Waals surface area contributed by atoms with Gasteiger partial charge in [0.15, 0.2) is 0 Å². The SMILES string of the molecule is Cc1nn(C)c(C)c1CN1CCN(C(=O)c2ccccc2N)CC1. The molecule has 2 aromatic rings. The normalized spacial score (nSPS) is 15.7. The Bertz CT molecular complexity index is 744. The summed E-state index contributed by atoms with van der Waals surface area (Å²) in [5.41, 5.74) is 10.7. The Kier molecular flexibility index (Phi) is 4.57. The van der Waals surface area contributed by atoms with Crippen LogP contribution in [0.3, 0.4) is 0 Å². The van der Waals surface area contributed by atoms with Crippen LogP contribution in [0, 0.1) is 13.8 Å². The molecule has 1 saturated heterocycles. The quantitative estimate of drug-likeness (QED) is 0.869. The van der Waals surface area contributed by atoms with Crippen LogP contribution in [0.15, 0.2) is 24.3 Å². The molecule has 6 nitrogen and oxygen atoms in total. The molecule has 1 fully saturated rings. The van der Waals surface area contributed by atoms with Crippen molar-refractivity contribution in [3.05, 3.63) is 46.8 Å². The maximum atomic E-state index is 12.6. The summed E-state index contributed by atoms with van der Waals surface area (Å²) in [7, 11) is 1.98. The molecule has 0 atom stereocenters. The van der Waals surface area contributed by atoms with Gasteiger partial charge < -0.3 is 10.6 Å². The van der Waals surface area contributed by atoms with Crippen molar-refractivity contribution in [3.8, 4) is 0 Å². The third-order valence-corrected chi connectivity index (χ3v) is 4.89. The molecule has 3 rings (SSSR count). The molecule has 1 aromatic carbocycles. The average Bonchev–Trinajstić information content (AvgIpc) is 2.82. The summed E-state index contributed by atoms with van der Waals surface area (Å²) in [5, 5.41) is 4.48. The van der Waals surface area contributed by atoms with E-state index in [2.05, 4.69) is 23.8 Å². The number of carbonyl (C=O) groups is 1. The van der Waals surface area contributed by atoms with Gasteiger partial charge in [0.25, 0.3) is 5.91 Å². The van der Waals surface area contributed by atoms with Gasteiger partial charge in [-0.05, 0) is 26.0 Å². The lowest BCUT2D eigenvalue weighted by atomic mass is 10.1. The second kappa shape index (κ2) is 6.65. The van der Waals surface area contributed by atoms with Gasteiger partial charge in [-0.2, -0.15) is 5.10 Å². The number of aromatic nitrogens is 2. The second-order valence-electron chi connectivity index (χ2n) is 6.43. The topological polar surface area (TPSA) is 67.4 Å². The van der Waals surface area contributed by atoms with Crippen molar-refractivity contribution in [3.63, 3.8) is 0 Å². The van der Waals surface area contributed by atoms with E-state index < -0.39 is 0 Å². The van der Waals surface area contributed by atoms with E-state index in [1.807, 2.05) is 28.8 Å². The molecule has 2 heterocycles. The monoisotopic (exact) mass is 327 g/mol. The molecule has 128 valence electrons. The standard InChI is InChI=1S/C18H25N5O/c1-13-16(14(2)21(3)20-13)12-22-8-10-23(11-9-22)18(24)15-6-4-5-7-17(15)19/h4-7H,8-12,19H2,1-3H3. The first-order chi connectivity index (χ1) is 11.5. The number of para-hydroxylation sites is 1. The molecule has 2 N–H and O–H groups in total. The number of nitrogen functional groups attached to an aromatic ring is 1. The second-order valence-corrected chi connectivity index (χ2v) is 6.43. The van der Waals surface area contributed by atoms with E-state index in [1.165, 1.54) is 11.3 Å². The van der Waals surface area contributed by atoms with Crippen LogP contribution >= 0.6 is 0 Å². The summed E-state index contributed by atoms with van der Waals surface area (Å²) in [5.74, 6) is 0.0292. The van der Waals surface area contributed by atoms with E-state index in [4.69, 9.17) is 5.73 Å². The van der Waals surface area contributed by atoms with Gasteiger partial charge in [0, 0.05) is 56.7 Å². The van der Waals surface area contributed by atoms with Gasteiger partial charge in [-0.1, -0.05) is 12.1 Å². The fraction of sp³-hybridized carbons (Fsp3) is 0.444. The summed E-state index contributed by atoms with van der Waals surface area (Å²) in [6.45, 7) is 8.24. The molecule has 0 bridgehead atoms. The van der Waals surface area contributed by atoms with Crippen LogP contribution in [0.4, 0.5) is 5.69 Å². The first-order valence-electron chi connectivity index (χ1n) is 8.32. The molecule has 0 radical (unpaired) electrons. The number of nitrogens with zero attached hydrogens (tertiary/aromatic N) is 4. The zero-order valence-corrected chi connectivity index (χ0v) is 14.6. The average molecular weight is 327 g/mol. The van der Waals surface area contributed by atoms with Crippen LogP contribution in [0.2, 0.25) is 0 Å². The predicted octanol–water partition coefficient (Wildman–Crippen LogP) is 1.58. The lowest BCUT2D eigenvalue weighted by Gasteiger charge is -2.35. The third kappa shape index (κ3) is 3.14. The summed E-state index contributed by atoms with van der Waals surface area (Å²) >= 11 is 0. The van der Waals surface area contributed by atoms with Gasteiger partial charge in [-0.3, -0.25) is 14.4 Å². The zero-order chi connectivity index (χ0) is 17.3. The van der Waals surface area contributed by atoms with Crippen LogP contribution < -0.4 is 5.73 Å². The molecule has 0 spiro atoms. The third-order valence-electron chi connectivity index (χ3n) is 4.89. The van der Waals surface area contributed by atoms with Crippen LogP contribution in [-0.2, 0) is 13.6 Å². The summed E-state index contributed by atoms with van der Waals surface area (Å²) in [4.78, 5) is 16.9. The Morgan fingerprint density at radius 2 is 1.83 bits per heavy atom. The summed E-state index contributed by atoms with van der Waals surface area (Å²) < 4.78 is 1.93. The van der Waals surface area contributed by atoms with Gasteiger partial charge in [0.2, 0.25) is 0 Å². The Labute approximate surface area is 142 Å². The summed E-state index contributed by atoms with van der Waals surface area (Å²) in [6.07, 6.45) is 0. The van der Waals surface area contributed by atoms with Crippen LogP contribution in [0.5, 0.6) is 0 Å². The minimum atomic E-state index is 0.0292. The molecule has 24 heavy (non-hydrogen) atoms. The van der Waals surface area contributed by atoms with Gasteiger partial charge in [-0.15, -0.1) is 0 Å². The van der Waals surface area contributed by atoms with Crippen LogP contribution in [-0.4, -0.2) is 51.7 Å². The highest BCUT2D eigenvalue weighted by molar-refractivity contribution is 5.99. The molecule has 0 aliphatic carbocycles. The Balaban J connectivity index is 1.62. The Morgan fingerprint density at radius 1 is 1.17 bits per heavy atom. The lowest BCUT2D eigenvalue weighted by Crippen LogP contribution is -2.48. The molecule has 0 saturated carbocycles. The first kappa shape index (κ1) is 16.5. The van der Waals surface area contributed by atoms with Crippen LogP contribution in [0.25, 0.3) is 0 Å². The molecular weight excluding hydrogens is 302 g/mol. The number of benzene rings is 1. The molecule has 1 aromatic heterocycles. The number of aryl methyl sites for hydroxylation is 2. The van der Waals surface area contributed by atoms with E-state index in [0.717, 1.165) is 38.4 Å². The smallest absolute Gasteiger partial charge is 0.256 e. The molecule has 1 amide bonds. The maximum absolute atomic E-state index is 12.6. The van der Waals surface area contributed by atoms with Crippen molar-refractivity contribution >= 4 is 11.6 Å². The van der Waals surface area contributed by atoms with E-state index in [0.29, 0.717) is 11.3 Å². The van der Waals surface area contributed by atoms with Crippen molar-refractivity contribution in [1.29, 1.82) is 0 Å². The molecule has 1 aliphatic rings. The molecule has 0 unspecified atom stereocenters. The fourth-order valence-corrected chi connectivity index (χ4v) is 3.24. The minimum Gasteiger partial charge on any atom is -0.398 e. The number of anilines is 1. The largest absolute Gasteiger partial charge is 0.398 e. The Hall–Kier alpha value is -2.34. The number of piperazine rings is 1. The number of hydrogen-bond acceptors (Lipinski definition) is 4. The number of amides is 1.